The van der Waals surface area contributed by atoms with Gasteiger partial charge in [-0.3, -0.25) is 10.1 Å². The summed E-state index contributed by atoms with van der Waals surface area (Å²) in [6.45, 7) is 11.0. The minimum Gasteiger partial charge on any atom is -0.483 e. The van der Waals surface area contributed by atoms with E-state index in [9.17, 15) is 14.5 Å². The zero-order valence-corrected chi connectivity index (χ0v) is 16.7. The molecule has 5 nitrogen and oxygen atoms in total. The summed E-state index contributed by atoms with van der Waals surface area (Å²) in [6.07, 6.45) is 3.28. The molecule has 0 radical (unpaired) electrons. The van der Waals surface area contributed by atoms with Crippen LogP contribution in [0.4, 0.5) is 10.1 Å². The second-order valence-electron chi connectivity index (χ2n) is 8.28. The third kappa shape index (κ3) is 5.01. The van der Waals surface area contributed by atoms with Gasteiger partial charge in [-0.1, -0.05) is 20.8 Å². The zero-order chi connectivity index (χ0) is 18.8. The SMILES string of the molecule is CC(C)(C)[Si](C)(C)O[C@H]1CCC[C@H](Oc2cc(F)ccc2[N+](=O)[O-])C1. The average molecular weight is 370 g/mol. The van der Waals surface area contributed by atoms with E-state index in [0.29, 0.717) is 6.42 Å². The maximum Gasteiger partial charge on any atom is 0.311 e. The van der Waals surface area contributed by atoms with E-state index >= 15 is 0 Å². The molecule has 0 spiro atoms. The molecular weight excluding hydrogens is 341 g/mol. The summed E-state index contributed by atoms with van der Waals surface area (Å²) in [5.41, 5.74) is -0.200. The third-order valence-corrected chi connectivity index (χ3v) is 9.79. The fourth-order valence-corrected chi connectivity index (χ4v) is 4.22. The average Bonchev–Trinajstić information content (AvgIpc) is 2.45. The molecule has 0 heterocycles. The van der Waals surface area contributed by atoms with Gasteiger partial charge in [0.15, 0.2) is 14.1 Å². The van der Waals surface area contributed by atoms with Gasteiger partial charge in [-0.25, -0.2) is 4.39 Å². The molecule has 140 valence electrons. The standard InChI is InChI=1S/C18H28FNO4Si/c1-18(2,3)25(4,5)24-15-8-6-7-14(12-15)23-17-11-13(19)9-10-16(17)20(21)22/h9-11,14-15H,6-8,12H2,1-5H3/t14-,15-/m0/s1. The van der Waals surface area contributed by atoms with E-state index < -0.39 is 19.1 Å². The quantitative estimate of drug-likeness (QED) is 0.393. The number of halogens is 1. The van der Waals surface area contributed by atoms with Gasteiger partial charge in [0, 0.05) is 24.7 Å². The summed E-state index contributed by atoms with van der Waals surface area (Å²) in [7, 11) is -1.88. The Bertz CT molecular complexity index is 630. The normalized spacial score (nSPS) is 21.8. The molecule has 0 saturated heterocycles. The number of ether oxygens (including phenoxy) is 1. The maximum absolute atomic E-state index is 13.5. The summed E-state index contributed by atoms with van der Waals surface area (Å²) in [4.78, 5) is 10.6. The topological polar surface area (TPSA) is 61.6 Å². The highest BCUT2D eigenvalue weighted by molar-refractivity contribution is 6.74. The highest BCUT2D eigenvalue weighted by atomic mass is 28.4. The lowest BCUT2D eigenvalue weighted by atomic mass is 9.95. The molecule has 0 N–H and O–H groups in total. The van der Waals surface area contributed by atoms with Crippen LogP contribution in [0.25, 0.3) is 0 Å². The molecule has 0 amide bonds. The molecule has 1 aliphatic rings. The smallest absolute Gasteiger partial charge is 0.311 e. The molecule has 1 aromatic carbocycles. The van der Waals surface area contributed by atoms with Crippen LogP contribution in [0.1, 0.15) is 46.5 Å². The van der Waals surface area contributed by atoms with E-state index in [1.807, 2.05) is 0 Å². The Balaban J connectivity index is 2.08. The largest absolute Gasteiger partial charge is 0.483 e. The van der Waals surface area contributed by atoms with Crippen LogP contribution in [0, 0.1) is 15.9 Å². The summed E-state index contributed by atoms with van der Waals surface area (Å²) < 4.78 is 25.7. The minimum atomic E-state index is -1.88. The van der Waals surface area contributed by atoms with Crippen molar-refractivity contribution in [1.82, 2.24) is 0 Å². The second-order valence-corrected chi connectivity index (χ2v) is 13.0. The van der Waals surface area contributed by atoms with Crippen LogP contribution in [0.15, 0.2) is 18.2 Å². The fourth-order valence-electron chi connectivity index (χ4n) is 2.82. The van der Waals surface area contributed by atoms with Crippen molar-refractivity contribution in [2.24, 2.45) is 0 Å². The lowest BCUT2D eigenvalue weighted by Crippen LogP contribution is -2.45. The van der Waals surface area contributed by atoms with Crippen molar-refractivity contribution in [3.8, 4) is 5.75 Å². The number of nitro groups is 1. The first-order chi connectivity index (χ1) is 11.5. The molecule has 0 bridgehead atoms. The minimum absolute atomic E-state index is 0.00276. The Labute approximate surface area is 149 Å². The van der Waals surface area contributed by atoms with Crippen LogP contribution < -0.4 is 4.74 Å². The molecule has 1 aliphatic carbocycles. The number of hydrogen-bond acceptors (Lipinski definition) is 4. The van der Waals surface area contributed by atoms with E-state index in [4.69, 9.17) is 9.16 Å². The molecule has 2 atom stereocenters. The van der Waals surface area contributed by atoms with Gasteiger partial charge in [-0.2, -0.15) is 0 Å². The van der Waals surface area contributed by atoms with Gasteiger partial charge in [0.05, 0.1) is 4.92 Å². The van der Waals surface area contributed by atoms with Gasteiger partial charge in [-0.15, -0.1) is 0 Å². The molecule has 1 fully saturated rings. The van der Waals surface area contributed by atoms with Gasteiger partial charge in [0.2, 0.25) is 0 Å². The van der Waals surface area contributed by atoms with Crippen LogP contribution in [0.5, 0.6) is 5.75 Å². The first kappa shape index (κ1) is 19.8. The Kier molecular flexibility index (Phi) is 5.88. The molecule has 0 aromatic heterocycles. The third-order valence-electron chi connectivity index (χ3n) is 5.26. The van der Waals surface area contributed by atoms with Crippen LogP contribution >= 0.6 is 0 Å². The maximum atomic E-state index is 13.5. The first-order valence-corrected chi connectivity index (χ1v) is 11.7. The highest BCUT2D eigenvalue weighted by Gasteiger charge is 2.40. The molecule has 1 saturated carbocycles. The van der Waals surface area contributed by atoms with Crippen LogP contribution in [0.2, 0.25) is 18.1 Å². The van der Waals surface area contributed by atoms with Crippen molar-refractivity contribution in [2.75, 3.05) is 0 Å². The van der Waals surface area contributed by atoms with Crippen molar-refractivity contribution in [3.05, 3.63) is 34.1 Å². The molecule has 0 aliphatic heterocycles. The van der Waals surface area contributed by atoms with Crippen molar-refractivity contribution in [1.29, 1.82) is 0 Å². The van der Waals surface area contributed by atoms with Gasteiger partial charge >= 0.3 is 5.69 Å². The monoisotopic (exact) mass is 369 g/mol. The molecule has 2 rings (SSSR count). The zero-order valence-electron chi connectivity index (χ0n) is 15.7. The molecule has 25 heavy (non-hydrogen) atoms. The van der Waals surface area contributed by atoms with Crippen molar-refractivity contribution >= 4 is 14.0 Å². The summed E-state index contributed by atoms with van der Waals surface area (Å²) >= 11 is 0. The lowest BCUT2D eigenvalue weighted by molar-refractivity contribution is -0.386. The number of nitrogens with zero attached hydrogens (tertiary/aromatic N) is 1. The molecule has 7 heteroatoms. The summed E-state index contributed by atoms with van der Waals surface area (Å²) in [5.74, 6) is -0.534. The molecule has 1 aromatic rings. The Morgan fingerprint density at radius 2 is 1.88 bits per heavy atom. The van der Waals surface area contributed by atoms with E-state index in [1.54, 1.807) is 0 Å². The number of nitro benzene ring substituents is 1. The first-order valence-electron chi connectivity index (χ1n) is 8.78. The second kappa shape index (κ2) is 7.41. The number of rotatable bonds is 5. The Hall–Kier alpha value is -1.47. The predicted molar refractivity (Wildman–Crippen MR) is 98.0 cm³/mol. The summed E-state index contributed by atoms with van der Waals surface area (Å²) in [5, 5.41) is 11.2. The summed E-state index contributed by atoms with van der Waals surface area (Å²) in [6, 6.07) is 3.32. The predicted octanol–water partition coefficient (Wildman–Crippen LogP) is 5.45. The molecule has 0 unspecified atom stereocenters. The highest BCUT2D eigenvalue weighted by Crippen LogP contribution is 2.40. The molecular formula is C18H28FNO4Si. The lowest BCUT2D eigenvalue weighted by Gasteiger charge is -2.41. The number of hydrogen-bond donors (Lipinski definition) is 0. The van der Waals surface area contributed by atoms with Gasteiger partial charge in [-0.05, 0) is 43.5 Å². The number of benzene rings is 1. The van der Waals surface area contributed by atoms with Gasteiger partial charge in [0.1, 0.15) is 11.9 Å². The van der Waals surface area contributed by atoms with E-state index in [2.05, 4.69) is 33.9 Å². The van der Waals surface area contributed by atoms with Crippen LogP contribution in [-0.2, 0) is 4.43 Å². The Morgan fingerprint density at radius 3 is 2.48 bits per heavy atom. The van der Waals surface area contributed by atoms with Crippen LogP contribution in [0.3, 0.4) is 0 Å². The van der Waals surface area contributed by atoms with E-state index in [0.717, 1.165) is 37.5 Å². The van der Waals surface area contributed by atoms with Crippen LogP contribution in [-0.4, -0.2) is 25.4 Å². The van der Waals surface area contributed by atoms with Gasteiger partial charge in [0.25, 0.3) is 0 Å². The van der Waals surface area contributed by atoms with E-state index in [-0.39, 0.29) is 28.7 Å². The van der Waals surface area contributed by atoms with Crippen molar-refractivity contribution in [3.63, 3.8) is 0 Å². The van der Waals surface area contributed by atoms with Crippen molar-refractivity contribution < 1.29 is 18.5 Å². The van der Waals surface area contributed by atoms with Gasteiger partial charge < -0.3 is 9.16 Å². The van der Waals surface area contributed by atoms with Crippen molar-refractivity contribution in [2.45, 2.75) is 76.8 Å². The Morgan fingerprint density at radius 1 is 1.24 bits per heavy atom. The van der Waals surface area contributed by atoms with E-state index in [1.165, 1.54) is 0 Å². The fraction of sp³-hybridized carbons (Fsp3) is 0.667.